The van der Waals surface area contributed by atoms with Crippen LogP contribution < -0.4 is 26.6 Å². The third-order valence-electron chi connectivity index (χ3n) is 13.2. The highest BCUT2D eigenvalue weighted by atomic mass is 19.4. The Hall–Kier alpha value is -6.20. The SMILES string of the molecule is O=C(CCOCC(COCCC(=O)NCCOCCOCCOCCOC[C@H]1OC[C@H](Nc2cncc(C(F)(F)F)n2)[C@@H](O)[C@H]1O)NC(=O)CC(=O)OCc1ccccc1)NCCOCCOCCOCCOCC1OC[C@H](Nc2cncc(C(F)(F)F)n2)[C@@H](O)[C@H]1O. The van der Waals surface area contributed by atoms with Gasteiger partial charge in [-0.1, -0.05) is 30.3 Å². The summed E-state index contributed by atoms with van der Waals surface area (Å²) >= 11 is 0. The summed E-state index contributed by atoms with van der Waals surface area (Å²) in [6.45, 7) is 2.82. The number of aliphatic hydroxyl groups is 4. The lowest BCUT2D eigenvalue weighted by atomic mass is 9.98. The maximum Gasteiger partial charge on any atom is 0.434 e. The Kier molecular flexibility index (Phi) is 36.4. The molecule has 3 aromatic rings. The summed E-state index contributed by atoms with van der Waals surface area (Å²) < 4.78 is 149. The predicted molar refractivity (Wildman–Crippen MR) is 309 cm³/mol. The number of aromatic nitrogens is 4. The average Bonchev–Trinajstić information content (AvgIpc) is 1.15. The van der Waals surface area contributed by atoms with Gasteiger partial charge in [0.2, 0.25) is 17.7 Å². The van der Waals surface area contributed by atoms with Crippen LogP contribution in [0.4, 0.5) is 38.0 Å². The van der Waals surface area contributed by atoms with Crippen molar-refractivity contribution in [2.24, 2.45) is 0 Å². The van der Waals surface area contributed by atoms with Crippen molar-refractivity contribution in [3.63, 3.8) is 0 Å². The van der Waals surface area contributed by atoms with E-state index >= 15 is 0 Å². The second-order valence-corrected chi connectivity index (χ2v) is 20.5. The van der Waals surface area contributed by atoms with Crippen LogP contribution in [0, 0.1) is 0 Å². The van der Waals surface area contributed by atoms with E-state index in [9.17, 15) is 65.9 Å². The van der Waals surface area contributed by atoms with Gasteiger partial charge in [0.25, 0.3) is 0 Å². The fourth-order valence-corrected chi connectivity index (χ4v) is 8.37. The van der Waals surface area contributed by atoms with Crippen LogP contribution in [-0.2, 0) is 99.7 Å². The van der Waals surface area contributed by atoms with Gasteiger partial charge in [0.05, 0.1) is 188 Å². The first kappa shape index (κ1) is 77.5. The topological polar surface area (TPSA) is 381 Å². The molecule has 30 nitrogen and oxygen atoms in total. The molecule has 9 N–H and O–H groups in total. The van der Waals surface area contributed by atoms with Gasteiger partial charge in [-0.15, -0.1) is 0 Å². The maximum absolute atomic E-state index is 13.0. The molecule has 0 aliphatic carbocycles. The van der Waals surface area contributed by atoms with E-state index in [2.05, 4.69) is 46.5 Å². The lowest BCUT2D eigenvalue weighted by Crippen LogP contribution is -2.57. The number of hydrogen-bond acceptors (Lipinski definition) is 27. The van der Waals surface area contributed by atoms with Gasteiger partial charge in [-0.3, -0.25) is 29.1 Å². The third-order valence-corrected chi connectivity index (χ3v) is 13.2. The van der Waals surface area contributed by atoms with Crippen molar-refractivity contribution >= 4 is 35.3 Å². The second kappa shape index (κ2) is 43.7. The lowest BCUT2D eigenvalue weighted by Gasteiger charge is -2.38. The highest BCUT2D eigenvalue weighted by Gasteiger charge is 2.41. The number of benzene rings is 1. The van der Waals surface area contributed by atoms with Gasteiger partial charge in [0.15, 0.2) is 11.4 Å². The highest BCUT2D eigenvalue weighted by molar-refractivity contribution is 5.94. The first-order valence-corrected chi connectivity index (χ1v) is 29.8. The van der Waals surface area contributed by atoms with Crippen molar-refractivity contribution in [3.05, 3.63) is 72.1 Å². The zero-order valence-electron chi connectivity index (χ0n) is 51.0. The van der Waals surface area contributed by atoms with E-state index in [4.69, 9.17) is 61.6 Å². The number of hydrogen-bond donors (Lipinski definition) is 9. The zero-order chi connectivity index (χ0) is 67.1. The molecule has 5 rings (SSSR count). The molecule has 4 heterocycles. The molecule has 9 atom stereocenters. The molecule has 2 unspecified atom stereocenters. The van der Waals surface area contributed by atoms with Gasteiger partial charge in [-0.25, -0.2) is 9.97 Å². The third kappa shape index (κ3) is 32.2. The normalized spacial score (nSPS) is 20.4. The second-order valence-electron chi connectivity index (χ2n) is 20.5. The largest absolute Gasteiger partial charge is 0.460 e. The number of carbonyl (C=O) groups is 4. The molecule has 0 radical (unpaired) electrons. The molecule has 524 valence electrons. The van der Waals surface area contributed by atoms with Crippen LogP contribution in [0.15, 0.2) is 55.1 Å². The van der Waals surface area contributed by atoms with Gasteiger partial charge in [0.1, 0.15) is 61.3 Å². The quantitative estimate of drug-likeness (QED) is 0.0150. The summed E-state index contributed by atoms with van der Waals surface area (Å²) in [5.74, 6) is -2.51. The Morgan fingerprint density at radius 2 is 0.903 bits per heavy atom. The van der Waals surface area contributed by atoms with Crippen molar-refractivity contribution in [1.82, 2.24) is 35.9 Å². The van der Waals surface area contributed by atoms with E-state index in [1.165, 1.54) is 0 Å². The average molecular weight is 1340 g/mol. The molecule has 2 saturated heterocycles. The van der Waals surface area contributed by atoms with E-state index in [1.54, 1.807) is 24.3 Å². The van der Waals surface area contributed by atoms with E-state index in [-0.39, 0.29) is 201 Å². The molecule has 2 aromatic heterocycles. The Labute approximate surface area is 531 Å². The van der Waals surface area contributed by atoms with Crippen molar-refractivity contribution in [1.29, 1.82) is 0 Å². The molecule has 2 fully saturated rings. The molecule has 3 amide bonds. The van der Waals surface area contributed by atoms with Gasteiger partial charge >= 0.3 is 18.3 Å². The molecule has 36 heteroatoms. The van der Waals surface area contributed by atoms with Crippen LogP contribution in [0.25, 0.3) is 0 Å². The summed E-state index contributed by atoms with van der Waals surface area (Å²) in [5, 5.41) is 55.3. The minimum Gasteiger partial charge on any atom is -0.460 e. The number of nitrogens with zero attached hydrogens (tertiary/aromatic N) is 4. The number of carbonyl (C=O) groups excluding carboxylic acids is 4. The van der Waals surface area contributed by atoms with Gasteiger partial charge < -0.3 is 109 Å². The monoisotopic (exact) mass is 1340 g/mol. The summed E-state index contributed by atoms with van der Waals surface area (Å²) in [5.41, 5.74) is -1.68. The number of amides is 3. The van der Waals surface area contributed by atoms with Crippen LogP contribution in [0.1, 0.15) is 36.2 Å². The van der Waals surface area contributed by atoms with E-state index in [0.29, 0.717) is 12.4 Å². The van der Waals surface area contributed by atoms with Crippen molar-refractivity contribution in [2.75, 3.05) is 169 Å². The molecule has 0 saturated carbocycles. The molecular weight excluding hydrogens is 1260 g/mol. The maximum atomic E-state index is 13.0. The van der Waals surface area contributed by atoms with Crippen molar-refractivity contribution < 1.29 is 128 Å². The van der Waals surface area contributed by atoms with Crippen molar-refractivity contribution in [2.45, 2.75) is 93.0 Å². The van der Waals surface area contributed by atoms with E-state index in [0.717, 1.165) is 18.0 Å². The van der Waals surface area contributed by atoms with Gasteiger partial charge in [-0.05, 0) is 5.56 Å². The fraction of sp³-hybridized carbons (Fsp3) is 0.684. The molecular formula is C57H83F6N9O21. The number of aliphatic hydroxyl groups excluding tert-OH is 4. The number of anilines is 2. The number of esters is 1. The Morgan fingerprint density at radius 1 is 0.505 bits per heavy atom. The first-order valence-electron chi connectivity index (χ1n) is 29.8. The molecule has 1 aromatic carbocycles. The minimum absolute atomic E-state index is 0.0150. The smallest absolute Gasteiger partial charge is 0.434 e. The van der Waals surface area contributed by atoms with E-state index in [1.807, 2.05) is 6.07 Å². The molecule has 0 spiro atoms. The zero-order valence-corrected chi connectivity index (χ0v) is 51.0. The van der Waals surface area contributed by atoms with Crippen LogP contribution >= 0.6 is 0 Å². The Bertz CT molecular complexity index is 2450. The van der Waals surface area contributed by atoms with Crippen LogP contribution in [0.5, 0.6) is 0 Å². The van der Waals surface area contributed by atoms with Crippen molar-refractivity contribution in [3.8, 4) is 0 Å². The molecule has 0 bridgehead atoms. The number of rotatable bonds is 47. The summed E-state index contributed by atoms with van der Waals surface area (Å²) in [6, 6.07) is 6.27. The van der Waals surface area contributed by atoms with Crippen LogP contribution in [-0.4, -0.2) is 277 Å². The number of alkyl halides is 6. The summed E-state index contributed by atoms with van der Waals surface area (Å²) in [6.07, 6.45) is -14.1. The Morgan fingerprint density at radius 3 is 1.31 bits per heavy atom. The molecule has 2 aliphatic rings. The minimum atomic E-state index is -4.71. The predicted octanol–water partition coefficient (Wildman–Crippen LogP) is -0.396. The molecule has 93 heavy (non-hydrogen) atoms. The van der Waals surface area contributed by atoms with Gasteiger partial charge in [-0.2, -0.15) is 26.3 Å². The highest BCUT2D eigenvalue weighted by Crippen LogP contribution is 2.29. The fourth-order valence-electron chi connectivity index (χ4n) is 8.37. The summed E-state index contributed by atoms with van der Waals surface area (Å²) in [4.78, 5) is 64.0. The standard InChI is InChI=1S/C57H83F6N9O21/c58-56(59,60)44-27-64-29-46(71-44)69-40-34-91-42(54(79)52(40)77)36-89-24-22-85-20-18-83-16-14-81-12-8-66-48(73)6-10-87-32-39(68-50(75)26-51(76)93-31-38-4-2-1-3-5-38)33-88-11-7-49(74)67-9-13-82-15-17-84-19-21-86-23-25-90-37-43-55(80)53(78)41(35-92-43)70-47-30-65-28-45(72-47)57(61,62)63/h1-5,27-30,39-43,52-55,77-80H,6-26,31-37H2,(H,66,73)(H,67,74)(H,68,75)(H,69,71)(H,70,72)/t39?,40-,41-,42+,43?,52+,53+,54-,55-/m0/s1. The summed E-state index contributed by atoms with van der Waals surface area (Å²) in [7, 11) is 0. The van der Waals surface area contributed by atoms with Crippen LogP contribution in [0.3, 0.4) is 0 Å². The molecule has 2 aliphatic heterocycles. The van der Waals surface area contributed by atoms with Gasteiger partial charge in [0, 0.05) is 25.9 Å². The Balaban J connectivity index is 0.819. The lowest BCUT2D eigenvalue weighted by molar-refractivity contribution is -0.161. The number of halogens is 6. The van der Waals surface area contributed by atoms with Crippen LogP contribution in [0.2, 0.25) is 0 Å². The number of ether oxygens (including phenoxy) is 13. The van der Waals surface area contributed by atoms with E-state index < -0.39 is 96.8 Å². The number of nitrogens with one attached hydrogen (secondary N) is 5. The first-order chi connectivity index (χ1) is 44.8.